The van der Waals surface area contributed by atoms with Crippen LogP contribution in [-0.2, 0) is 4.79 Å². The molecule has 0 spiro atoms. The van der Waals surface area contributed by atoms with Gasteiger partial charge in [-0.3, -0.25) is 4.79 Å². The highest BCUT2D eigenvalue weighted by atomic mass is 35.5. The smallest absolute Gasteiger partial charge is 0.225 e. The van der Waals surface area contributed by atoms with Crippen molar-refractivity contribution in [3.05, 3.63) is 0 Å². The van der Waals surface area contributed by atoms with Gasteiger partial charge in [-0.25, -0.2) is 0 Å². The summed E-state index contributed by atoms with van der Waals surface area (Å²) in [6.07, 6.45) is 7.67. The quantitative estimate of drug-likeness (QED) is 0.770. The van der Waals surface area contributed by atoms with E-state index in [0.29, 0.717) is 5.54 Å². The second-order valence-corrected chi connectivity index (χ2v) is 8.30. The van der Waals surface area contributed by atoms with Crippen LogP contribution in [0.1, 0.15) is 74.1 Å². The lowest BCUT2D eigenvalue weighted by Crippen LogP contribution is -2.69. The standard InChI is InChI=1S/C10H17NO.C5H9N.2CH4.ClH/c1-9(2,3)8(12)11-10-4-7(5-10)6-10;6-5-1-4(2-5)3-5;;;/h7H,4-6H2,1-3H3,(H,11,12);4H,1-3,6H2;2*1H4;1H. The van der Waals surface area contributed by atoms with Crippen LogP contribution in [0.5, 0.6) is 0 Å². The van der Waals surface area contributed by atoms with Gasteiger partial charge in [-0.15, -0.1) is 12.4 Å². The third kappa shape index (κ3) is 3.73. The Morgan fingerprint density at radius 2 is 1.33 bits per heavy atom. The van der Waals surface area contributed by atoms with Crippen molar-refractivity contribution in [2.24, 2.45) is 23.0 Å². The molecule has 6 aliphatic carbocycles. The molecule has 0 atom stereocenters. The Hall–Kier alpha value is -0.280. The molecule has 3 nitrogen and oxygen atoms in total. The Morgan fingerprint density at radius 3 is 1.48 bits per heavy atom. The summed E-state index contributed by atoms with van der Waals surface area (Å²) in [5, 5.41) is 3.16. The number of halogens is 1. The van der Waals surface area contributed by atoms with Crippen molar-refractivity contribution in [1.29, 1.82) is 0 Å². The fourth-order valence-electron chi connectivity index (χ4n) is 3.61. The van der Waals surface area contributed by atoms with Gasteiger partial charge in [-0.1, -0.05) is 35.6 Å². The van der Waals surface area contributed by atoms with Crippen LogP contribution >= 0.6 is 12.4 Å². The summed E-state index contributed by atoms with van der Waals surface area (Å²) in [5.74, 6) is 2.20. The van der Waals surface area contributed by atoms with Crippen LogP contribution in [0.2, 0.25) is 0 Å². The molecule has 3 N–H and O–H groups in total. The molecule has 0 saturated heterocycles. The highest BCUT2D eigenvalue weighted by Gasteiger charge is 2.57. The van der Waals surface area contributed by atoms with Crippen molar-refractivity contribution in [2.45, 2.75) is 85.2 Å². The van der Waals surface area contributed by atoms with Gasteiger partial charge in [-0.05, 0) is 50.4 Å². The van der Waals surface area contributed by atoms with E-state index in [1.54, 1.807) is 0 Å². The number of hydrogen-bond donors (Lipinski definition) is 2. The zero-order valence-corrected chi connectivity index (χ0v) is 13.1. The van der Waals surface area contributed by atoms with Gasteiger partial charge in [0.2, 0.25) is 5.91 Å². The van der Waals surface area contributed by atoms with Crippen molar-refractivity contribution in [2.75, 3.05) is 0 Å². The molecule has 0 unspecified atom stereocenters. The van der Waals surface area contributed by atoms with Gasteiger partial charge in [0.25, 0.3) is 0 Å². The van der Waals surface area contributed by atoms with E-state index in [9.17, 15) is 4.79 Å². The van der Waals surface area contributed by atoms with Crippen LogP contribution in [0.15, 0.2) is 0 Å². The Kier molecular flexibility index (Phi) is 6.00. The zero-order chi connectivity index (χ0) is 13.2. The first-order chi connectivity index (χ1) is 8.20. The Morgan fingerprint density at radius 1 is 1.00 bits per heavy atom. The van der Waals surface area contributed by atoms with Crippen LogP contribution in [0, 0.1) is 17.3 Å². The third-order valence-corrected chi connectivity index (χ3v) is 5.18. The molecule has 0 radical (unpaired) electrons. The molecule has 6 rings (SSSR count). The number of nitrogens with one attached hydrogen (secondary N) is 1. The molecule has 0 aromatic rings. The summed E-state index contributed by atoms with van der Waals surface area (Å²) in [6.45, 7) is 5.90. The monoisotopic (exact) mass is 318 g/mol. The average molecular weight is 319 g/mol. The molecule has 0 aliphatic heterocycles. The van der Waals surface area contributed by atoms with Gasteiger partial charge in [0.05, 0.1) is 0 Å². The van der Waals surface area contributed by atoms with Crippen molar-refractivity contribution in [1.82, 2.24) is 5.32 Å². The molecule has 0 aromatic heterocycles. The Bertz CT molecular complexity index is 355. The summed E-state index contributed by atoms with van der Waals surface area (Å²) in [7, 11) is 0. The molecule has 0 heterocycles. The number of rotatable bonds is 1. The summed E-state index contributed by atoms with van der Waals surface area (Å²) in [4.78, 5) is 11.6. The van der Waals surface area contributed by atoms with E-state index in [-0.39, 0.29) is 44.1 Å². The number of hydrogen-bond acceptors (Lipinski definition) is 2. The minimum absolute atomic E-state index is 0. The van der Waals surface area contributed by atoms with Crippen LogP contribution in [0.3, 0.4) is 0 Å². The fourth-order valence-corrected chi connectivity index (χ4v) is 3.61. The Labute approximate surface area is 137 Å². The number of nitrogens with two attached hydrogens (primary N) is 1. The predicted molar refractivity (Wildman–Crippen MR) is 92.6 cm³/mol. The molecule has 0 aromatic carbocycles. The average Bonchev–Trinajstić information content (AvgIpc) is 2.02. The summed E-state index contributed by atoms with van der Waals surface area (Å²) >= 11 is 0. The van der Waals surface area contributed by atoms with Gasteiger partial charge in [0.15, 0.2) is 0 Å². The normalized spacial score (nSPS) is 39.6. The van der Waals surface area contributed by atoms with E-state index in [1.807, 2.05) is 20.8 Å². The number of carbonyl (C=O) groups is 1. The molecular formula is C17H35ClN2O. The van der Waals surface area contributed by atoms with Crippen molar-refractivity contribution >= 4 is 18.3 Å². The van der Waals surface area contributed by atoms with Crippen LogP contribution in [0.4, 0.5) is 0 Å². The number of carbonyl (C=O) groups excluding carboxylic acids is 1. The van der Waals surface area contributed by atoms with E-state index in [4.69, 9.17) is 5.73 Å². The summed E-state index contributed by atoms with van der Waals surface area (Å²) < 4.78 is 0. The lowest BCUT2D eigenvalue weighted by Gasteiger charge is -2.62. The van der Waals surface area contributed by atoms with Crippen molar-refractivity contribution in [3.63, 3.8) is 0 Å². The highest BCUT2D eigenvalue weighted by molar-refractivity contribution is 5.85. The molecule has 4 heteroatoms. The molecule has 6 fully saturated rings. The second-order valence-electron chi connectivity index (χ2n) is 8.30. The van der Waals surface area contributed by atoms with E-state index in [0.717, 1.165) is 11.8 Å². The molecular weight excluding hydrogens is 284 g/mol. The topological polar surface area (TPSA) is 55.1 Å². The Balaban J connectivity index is 0.000000382. The maximum atomic E-state index is 11.6. The summed E-state index contributed by atoms with van der Waals surface area (Å²) in [6, 6.07) is 0. The molecule has 4 bridgehead atoms. The lowest BCUT2D eigenvalue weighted by molar-refractivity contribution is -0.140. The molecule has 6 aliphatic rings. The minimum Gasteiger partial charge on any atom is -0.350 e. The van der Waals surface area contributed by atoms with Crippen LogP contribution in [-0.4, -0.2) is 17.0 Å². The maximum absolute atomic E-state index is 11.6. The lowest BCUT2D eigenvalue weighted by atomic mass is 9.50. The largest absolute Gasteiger partial charge is 0.350 e. The van der Waals surface area contributed by atoms with Crippen molar-refractivity contribution in [3.8, 4) is 0 Å². The minimum atomic E-state index is -0.227. The van der Waals surface area contributed by atoms with Gasteiger partial charge < -0.3 is 11.1 Å². The van der Waals surface area contributed by atoms with E-state index >= 15 is 0 Å². The first-order valence-corrected chi connectivity index (χ1v) is 7.31. The first-order valence-electron chi connectivity index (χ1n) is 7.31. The third-order valence-electron chi connectivity index (χ3n) is 5.18. The molecule has 21 heavy (non-hydrogen) atoms. The van der Waals surface area contributed by atoms with Crippen LogP contribution < -0.4 is 11.1 Å². The van der Waals surface area contributed by atoms with Crippen molar-refractivity contribution < 1.29 is 4.79 Å². The van der Waals surface area contributed by atoms with E-state index < -0.39 is 0 Å². The van der Waals surface area contributed by atoms with Gasteiger partial charge >= 0.3 is 0 Å². The maximum Gasteiger partial charge on any atom is 0.225 e. The van der Waals surface area contributed by atoms with Gasteiger partial charge in [0.1, 0.15) is 0 Å². The molecule has 126 valence electrons. The van der Waals surface area contributed by atoms with Gasteiger partial charge in [0, 0.05) is 16.5 Å². The SMILES string of the molecule is C.C.CC(C)(C)C(=O)NC12CC(C1)C2.Cl.NC12CC(C1)C2. The second kappa shape index (κ2) is 6.08. The van der Waals surface area contributed by atoms with E-state index in [1.165, 1.54) is 38.5 Å². The predicted octanol–water partition coefficient (Wildman–Crippen LogP) is 3.89. The molecule has 6 saturated carbocycles. The van der Waals surface area contributed by atoms with E-state index in [2.05, 4.69) is 5.32 Å². The zero-order valence-electron chi connectivity index (χ0n) is 12.3. The first kappa shape index (κ1) is 20.7. The van der Waals surface area contributed by atoms with Crippen LogP contribution in [0.25, 0.3) is 0 Å². The fraction of sp³-hybridized carbons (Fsp3) is 0.941. The number of amides is 1. The molecule has 1 amide bonds. The highest BCUT2D eigenvalue weighted by Crippen LogP contribution is 2.57. The van der Waals surface area contributed by atoms with Gasteiger partial charge in [-0.2, -0.15) is 0 Å². The summed E-state index contributed by atoms with van der Waals surface area (Å²) in [5.41, 5.74) is 6.07.